The van der Waals surface area contributed by atoms with Crippen LogP contribution < -0.4 is 10.6 Å². The first-order valence-corrected chi connectivity index (χ1v) is 8.51. The molecule has 132 valence electrons. The van der Waals surface area contributed by atoms with Crippen molar-refractivity contribution in [1.29, 1.82) is 0 Å². The zero-order valence-corrected chi connectivity index (χ0v) is 14.3. The number of aromatic nitrogens is 1. The molecule has 0 saturated carbocycles. The van der Waals surface area contributed by atoms with Gasteiger partial charge in [-0.1, -0.05) is 36.4 Å². The molecule has 0 aliphatic rings. The first-order chi connectivity index (χ1) is 12.7. The van der Waals surface area contributed by atoms with Crippen molar-refractivity contribution in [3.05, 3.63) is 89.9 Å². The number of halogens is 1. The lowest BCUT2D eigenvalue weighted by Crippen LogP contribution is -2.24. The quantitative estimate of drug-likeness (QED) is 0.624. The van der Waals surface area contributed by atoms with E-state index in [9.17, 15) is 9.18 Å². The lowest BCUT2D eigenvalue weighted by atomic mass is 10.1. The van der Waals surface area contributed by atoms with Crippen molar-refractivity contribution in [1.82, 2.24) is 10.3 Å². The molecular formula is C21H20FN3O. The Morgan fingerprint density at radius 2 is 1.85 bits per heavy atom. The van der Waals surface area contributed by atoms with Crippen LogP contribution in [0.2, 0.25) is 0 Å². The minimum Gasteiger partial charge on any atom is -0.352 e. The molecule has 0 bridgehead atoms. The topological polar surface area (TPSA) is 54.0 Å². The van der Waals surface area contributed by atoms with Crippen LogP contribution in [0.4, 0.5) is 15.9 Å². The Labute approximate surface area is 152 Å². The van der Waals surface area contributed by atoms with E-state index in [1.165, 1.54) is 23.9 Å². The van der Waals surface area contributed by atoms with Gasteiger partial charge in [0.25, 0.3) is 5.91 Å². The van der Waals surface area contributed by atoms with E-state index >= 15 is 0 Å². The molecule has 0 spiro atoms. The maximum absolute atomic E-state index is 13.2. The van der Waals surface area contributed by atoms with Crippen LogP contribution >= 0.6 is 0 Å². The Morgan fingerprint density at radius 3 is 2.58 bits per heavy atom. The van der Waals surface area contributed by atoms with E-state index in [4.69, 9.17) is 0 Å². The predicted octanol–water partition coefficient (Wildman–Crippen LogP) is 4.33. The smallest absolute Gasteiger partial charge is 0.252 e. The van der Waals surface area contributed by atoms with Crippen molar-refractivity contribution in [3.63, 3.8) is 0 Å². The van der Waals surface area contributed by atoms with Crippen LogP contribution in [0.25, 0.3) is 0 Å². The molecule has 1 heterocycles. The number of hydrogen-bond donors (Lipinski definition) is 2. The van der Waals surface area contributed by atoms with E-state index in [0.717, 1.165) is 12.8 Å². The molecule has 4 nitrogen and oxygen atoms in total. The first kappa shape index (κ1) is 17.6. The van der Waals surface area contributed by atoms with Gasteiger partial charge in [0.05, 0.1) is 5.56 Å². The van der Waals surface area contributed by atoms with Gasteiger partial charge in [-0.3, -0.25) is 4.79 Å². The number of nitrogens with one attached hydrogen (secondary N) is 2. The summed E-state index contributed by atoms with van der Waals surface area (Å²) in [5.41, 5.74) is 2.36. The van der Waals surface area contributed by atoms with E-state index in [1.807, 2.05) is 18.2 Å². The lowest BCUT2D eigenvalue weighted by molar-refractivity contribution is 0.0953. The second-order valence-corrected chi connectivity index (χ2v) is 5.91. The molecule has 1 aromatic heterocycles. The van der Waals surface area contributed by atoms with E-state index < -0.39 is 0 Å². The van der Waals surface area contributed by atoms with Gasteiger partial charge in [-0.25, -0.2) is 9.37 Å². The number of nitrogens with zero attached hydrogens (tertiary/aromatic N) is 1. The molecule has 2 aromatic carbocycles. The number of benzene rings is 2. The van der Waals surface area contributed by atoms with E-state index in [-0.39, 0.29) is 11.7 Å². The summed E-state index contributed by atoms with van der Waals surface area (Å²) in [7, 11) is 0. The number of carbonyl (C=O) groups is 1. The van der Waals surface area contributed by atoms with Gasteiger partial charge in [-0.15, -0.1) is 0 Å². The van der Waals surface area contributed by atoms with Crippen LogP contribution in [0, 0.1) is 5.82 Å². The summed E-state index contributed by atoms with van der Waals surface area (Å²) in [6, 6.07) is 19.7. The highest BCUT2D eigenvalue weighted by Crippen LogP contribution is 2.15. The molecule has 0 fully saturated rings. The Balaban J connectivity index is 1.47. The fourth-order valence-corrected chi connectivity index (χ4v) is 2.56. The molecular weight excluding hydrogens is 329 g/mol. The molecule has 5 heteroatoms. The zero-order valence-electron chi connectivity index (χ0n) is 14.3. The fraction of sp³-hybridized carbons (Fsp3) is 0.143. The van der Waals surface area contributed by atoms with E-state index in [0.29, 0.717) is 23.6 Å². The van der Waals surface area contributed by atoms with Gasteiger partial charge in [-0.2, -0.15) is 0 Å². The summed E-state index contributed by atoms with van der Waals surface area (Å²) in [6.45, 7) is 0.608. The molecule has 3 rings (SSSR count). The number of amides is 1. The van der Waals surface area contributed by atoms with Gasteiger partial charge in [0, 0.05) is 18.4 Å². The zero-order chi connectivity index (χ0) is 18.2. The molecule has 0 aliphatic heterocycles. The lowest BCUT2D eigenvalue weighted by Gasteiger charge is -2.08. The molecule has 0 unspecified atom stereocenters. The van der Waals surface area contributed by atoms with Crippen molar-refractivity contribution in [2.24, 2.45) is 0 Å². The third-order valence-corrected chi connectivity index (χ3v) is 3.89. The monoisotopic (exact) mass is 349 g/mol. The first-order valence-electron chi connectivity index (χ1n) is 8.51. The molecule has 3 aromatic rings. The molecule has 1 amide bonds. The molecule has 26 heavy (non-hydrogen) atoms. The molecule has 0 radical (unpaired) electrons. The van der Waals surface area contributed by atoms with Crippen LogP contribution in [0.15, 0.2) is 72.9 Å². The summed E-state index contributed by atoms with van der Waals surface area (Å²) in [5, 5.41) is 5.90. The predicted molar refractivity (Wildman–Crippen MR) is 101 cm³/mol. The van der Waals surface area contributed by atoms with Crippen molar-refractivity contribution >= 4 is 17.4 Å². The average Bonchev–Trinajstić information content (AvgIpc) is 2.66. The highest BCUT2D eigenvalue weighted by atomic mass is 19.1. The van der Waals surface area contributed by atoms with Crippen molar-refractivity contribution < 1.29 is 9.18 Å². The Hall–Kier alpha value is -3.21. The maximum Gasteiger partial charge on any atom is 0.252 e. The van der Waals surface area contributed by atoms with Gasteiger partial charge < -0.3 is 10.6 Å². The van der Waals surface area contributed by atoms with E-state index in [2.05, 4.69) is 27.8 Å². The van der Waals surface area contributed by atoms with E-state index in [1.54, 1.807) is 24.3 Å². The van der Waals surface area contributed by atoms with Crippen molar-refractivity contribution in [2.45, 2.75) is 12.8 Å². The number of aryl methyl sites for hydroxylation is 1. The summed E-state index contributed by atoms with van der Waals surface area (Å²) in [5.74, 6) is 0.0839. The van der Waals surface area contributed by atoms with Crippen LogP contribution in [-0.2, 0) is 6.42 Å². The van der Waals surface area contributed by atoms with Gasteiger partial charge in [-0.05, 0) is 48.7 Å². The summed E-state index contributed by atoms with van der Waals surface area (Å²) in [6.07, 6.45) is 3.31. The molecule has 0 atom stereocenters. The van der Waals surface area contributed by atoms with Gasteiger partial charge in [0.2, 0.25) is 0 Å². The van der Waals surface area contributed by atoms with Crippen LogP contribution in [0.1, 0.15) is 22.3 Å². The third-order valence-electron chi connectivity index (χ3n) is 3.89. The van der Waals surface area contributed by atoms with Crippen LogP contribution in [0.3, 0.4) is 0 Å². The maximum atomic E-state index is 13.2. The second-order valence-electron chi connectivity index (χ2n) is 5.91. The van der Waals surface area contributed by atoms with Crippen molar-refractivity contribution in [2.75, 3.05) is 11.9 Å². The SMILES string of the molecule is O=C(NCCCc1ccccc1)c1ccc(Nc2cccc(F)c2)nc1. The standard InChI is InChI=1S/C21H20FN3O/c22-18-9-4-10-19(14-18)25-20-12-11-17(15-24-20)21(26)23-13-5-8-16-6-2-1-3-7-16/h1-4,6-7,9-12,14-15H,5,8,13H2,(H,23,26)(H,24,25). The molecule has 0 aliphatic carbocycles. The largest absolute Gasteiger partial charge is 0.352 e. The number of hydrogen-bond acceptors (Lipinski definition) is 3. The number of rotatable bonds is 7. The normalized spacial score (nSPS) is 10.3. The number of pyridine rings is 1. The average molecular weight is 349 g/mol. The number of carbonyl (C=O) groups excluding carboxylic acids is 1. The Bertz CT molecular complexity index is 851. The minimum absolute atomic E-state index is 0.150. The minimum atomic E-state index is -0.318. The Kier molecular flexibility index (Phi) is 5.93. The van der Waals surface area contributed by atoms with Crippen LogP contribution in [0.5, 0.6) is 0 Å². The highest BCUT2D eigenvalue weighted by molar-refractivity contribution is 5.94. The van der Waals surface area contributed by atoms with Gasteiger partial charge in [0.15, 0.2) is 0 Å². The molecule has 0 saturated heterocycles. The van der Waals surface area contributed by atoms with Crippen molar-refractivity contribution in [3.8, 4) is 0 Å². The van der Waals surface area contributed by atoms with Gasteiger partial charge in [0.1, 0.15) is 11.6 Å². The summed E-state index contributed by atoms with van der Waals surface area (Å²) < 4.78 is 13.2. The van der Waals surface area contributed by atoms with Crippen LogP contribution in [-0.4, -0.2) is 17.4 Å². The number of anilines is 2. The second kappa shape index (κ2) is 8.76. The summed E-state index contributed by atoms with van der Waals surface area (Å²) in [4.78, 5) is 16.4. The Morgan fingerprint density at radius 1 is 1.00 bits per heavy atom. The molecule has 2 N–H and O–H groups in total. The highest BCUT2D eigenvalue weighted by Gasteiger charge is 2.06. The third kappa shape index (κ3) is 5.14. The van der Waals surface area contributed by atoms with Gasteiger partial charge >= 0.3 is 0 Å². The summed E-state index contributed by atoms with van der Waals surface area (Å²) >= 11 is 0. The fourth-order valence-electron chi connectivity index (χ4n) is 2.56.